The van der Waals surface area contributed by atoms with E-state index in [2.05, 4.69) is 5.32 Å². The number of amides is 1. The Balaban J connectivity index is 2.07. The number of nitrogens with one attached hydrogen (secondary N) is 1. The molecule has 1 saturated carbocycles. The highest BCUT2D eigenvalue weighted by atomic mass is 16.4. The van der Waals surface area contributed by atoms with Crippen molar-refractivity contribution in [3.63, 3.8) is 0 Å². The van der Waals surface area contributed by atoms with Crippen LogP contribution in [-0.2, 0) is 9.59 Å². The van der Waals surface area contributed by atoms with Crippen LogP contribution in [0, 0.1) is 11.8 Å². The number of carboxylic acids is 1. The molecule has 0 aromatic heterocycles. The zero-order valence-corrected chi connectivity index (χ0v) is 7.04. The Hall–Kier alpha value is -1.06. The summed E-state index contributed by atoms with van der Waals surface area (Å²) in [6.45, 7) is 2.26. The highest BCUT2D eigenvalue weighted by Crippen LogP contribution is 2.37. The second kappa shape index (κ2) is 3.56. The molecule has 4 nitrogen and oxygen atoms in total. The number of hydrogen-bond acceptors (Lipinski definition) is 2. The van der Waals surface area contributed by atoms with Gasteiger partial charge in [0, 0.05) is 12.5 Å². The van der Waals surface area contributed by atoms with Crippen LogP contribution in [0.15, 0.2) is 0 Å². The number of carboxylic acid groups (broad SMARTS) is 1. The van der Waals surface area contributed by atoms with Gasteiger partial charge in [-0.1, -0.05) is 6.92 Å². The van der Waals surface area contributed by atoms with Crippen LogP contribution in [0.1, 0.15) is 19.8 Å². The van der Waals surface area contributed by atoms with Gasteiger partial charge in [0.05, 0.1) is 6.42 Å². The predicted octanol–water partition coefficient (Wildman–Crippen LogP) is 0.233. The van der Waals surface area contributed by atoms with Crippen molar-refractivity contribution in [2.24, 2.45) is 11.8 Å². The van der Waals surface area contributed by atoms with E-state index in [0.717, 1.165) is 6.42 Å². The molecular weight excluding hydrogens is 158 g/mol. The molecule has 0 radical (unpaired) electrons. The van der Waals surface area contributed by atoms with Gasteiger partial charge in [0.15, 0.2) is 0 Å². The van der Waals surface area contributed by atoms with Crippen molar-refractivity contribution in [2.75, 3.05) is 6.54 Å². The van der Waals surface area contributed by atoms with Crippen molar-refractivity contribution >= 4 is 11.9 Å². The minimum atomic E-state index is -0.876. The Morgan fingerprint density at radius 3 is 2.58 bits per heavy atom. The van der Waals surface area contributed by atoms with Gasteiger partial charge in [-0.3, -0.25) is 9.59 Å². The summed E-state index contributed by atoms with van der Waals surface area (Å²) in [5.41, 5.74) is 0. The first kappa shape index (κ1) is 9.03. The SMILES string of the molecule is CC1CC1C(=O)NCCC(=O)O. The van der Waals surface area contributed by atoms with E-state index in [0.29, 0.717) is 5.92 Å². The van der Waals surface area contributed by atoms with Gasteiger partial charge in [-0.25, -0.2) is 0 Å². The third kappa shape index (κ3) is 2.53. The summed E-state index contributed by atoms with van der Waals surface area (Å²) in [6, 6.07) is 0. The standard InChI is InChI=1S/C8H13NO3/c1-5-4-6(5)8(12)9-3-2-7(10)11/h5-6H,2-4H2,1H3,(H,9,12)(H,10,11). The van der Waals surface area contributed by atoms with E-state index in [4.69, 9.17) is 5.11 Å². The fourth-order valence-corrected chi connectivity index (χ4v) is 1.11. The van der Waals surface area contributed by atoms with Crippen LogP contribution in [0.4, 0.5) is 0 Å². The fourth-order valence-electron chi connectivity index (χ4n) is 1.11. The lowest BCUT2D eigenvalue weighted by molar-refractivity contribution is -0.136. The van der Waals surface area contributed by atoms with Gasteiger partial charge in [0.25, 0.3) is 0 Å². The zero-order chi connectivity index (χ0) is 9.14. The molecule has 2 unspecified atom stereocenters. The summed E-state index contributed by atoms with van der Waals surface area (Å²) in [5.74, 6) is -0.253. The zero-order valence-electron chi connectivity index (χ0n) is 7.04. The predicted molar refractivity (Wildman–Crippen MR) is 42.5 cm³/mol. The van der Waals surface area contributed by atoms with Crippen molar-refractivity contribution in [3.05, 3.63) is 0 Å². The molecule has 0 aliphatic heterocycles. The maximum absolute atomic E-state index is 11.1. The number of carbonyl (C=O) groups excluding carboxylic acids is 1. The minimum Gasteiger partial charge on any atom is -0.481 e. The molecule has 2 atom stereocenters. The first-order valence-corrected chi connectivity index (χ1v) is 4.10. The van der Waals surface area contributed by atoms with E-state index in [1.54, 1.807) is 0 Å². The van der Waals surface area contributed by atoms with Crippen LogP contribution < -0.4 is 5.32 Å². The van der Waals surface area contributed by atoms with E-state index in [1.165, 1.54) is 0 Å². The number of aliphatic carboxylic acids is 1. The van der Waals surface area contributed by atoms with Crippen LogP contribution in [-0.4, -0.2) is 23.5 Å². The second-order valence-corrected chi connectivity index (χ2v) is 3.25. The average molecular weight is 171 g/mol. The van der Waals surface area contributed by atoms with Crippen molar-refractivity contribution < 1.29 is 14.7 Å². The molecule has 1 aliphatic carbocycles. The molecule has 0 aromatic rings. The maximum atomic E-state index is 11.1. The molecule has 0 saturated heterocycles. The van der Waals surface area contributed by atoms with E-state index >= 15 is 0 Å². The molecule has 0 aromatic carbocycles. The topological polar surface area (TPSA) is 66.4 Å². The first-order chi connectivity index (χ1) is 5.61. The Morgan fingerprint density at radius 2 is 2.17 bits per heavy atom. The van der Waals surface area contributed by atoms with Gasteiger partial charge in [-0.15, -0.1) is 0 Å². The molecule has 1 fully saturated rings. The molecule has 0 heterocycles. The van der Waals surface area contributed by atoms with Crippen molar-refractivity contribution in [1.82, 2.24) is 5.32 Å². The molecule has 1 aliphatic rings. The smallest absolute Gasteiger partial charge is 0.305 e. The van der Waals surface area contributed by atoms with Crippen LogP contribution >= 0.6 is 0 Å². The summed E-state index contributed by atoms with van der Waals surface area (Å²) in [4.78, 5) is 21.2. The third-order valence-corrected chi connectivity index (χ3v) is 2.08. The largest absolute Gasteiger partial charge is 0.481 e. The van der Waals surface area contributed by atoms with Crippen molar-refractivity contribution in [3.8, 4) is 0 Å². The summed E-state index contributed by atoms with van der Waals surface area (Å²) < 4.78 is 0. The van der Waals surface area contributed by atoms with Gasteiger partial charge >= 0.3 is 5.97 Å². The molecule has 2 N–H and O–H groups in total. The monoisotopic (exact) mass is 171 g/mol. The fraction of sp³-hybridized carbons (Fsp3) is 0.750. The molecule has 1 amide bonds. The minimum absolute atomic E-state index is 0.00347. The van der Waals surface area contributed by atoms with Gasteiger partial charge in [-0.05, 0) is 12.3 Å². The summed E-state index contributed by atoms with van der Waals surface area (Å²) >= 11 is 0. The van der Waals surface area contributed by atoms with E-state index < -0.39 is 5.97 Å². The first-order valence-electron chi connectivity index (χ1n) is 4.10. The number of hydrogen-bond donors (Lipinski definition) is 2. The Kier molecular flexibility index (Phi) is 2.68. The van der Waals surface area contributed by atoms with Gasteiger partial charge in [-0.2, -0.15) is 0 Å². The summed E-state index contributed by atoms with van der Waals surface area (Å²) in [7, 11) is 0. The van der Waals surface area contributed by atoms with E-state index in [1.807, 2.05) is 6.92 Å². The Labute approximate surface area is 71.0 Å². The van der Waals surface area contributed by atoms with E-state index in [9.17, 15) is 9.59 Å². The molecule has 68 valence electrons. The van der Waals surface area contributed by atoms with Crippen molar-refractivity contribution in [1.29, 1.82) is 0 Å². The summed E-state index contributed by atoms with van der Waals surface area (Å²) in [5, 5.41) is 10.9. The van der Waals surface area contributed by atoms with Crippen LogP contribution in [0.2, 0.25) is 0 Å². The van der Waals surface area contributed by atoms with Crippen LogP contribution in [0.3, 0.4) is 0 Å². The lowest BCUT2D eigenvalue weighted by Crippen LogP contribution is -2.27. The average Bonchev–Trinajstić information content (AvgIpc) is 2.66. The quantitative estimate of drug-likeness (QED) is 0.636. The molecule has 0 bridgehead atoms. The van der Waals surface area contributed by atoms with Crippen LogP contribution in [0.25, 0.3) is 0 Å². The van der Waals surface area contributed by atoms with Gasteiger partial charge < -0.3 is 10.4 Å². The highest BCUT2D eigenvalue weighted by molar-refractivity contribution is 5.81. The number of rotatable bonds is 4. The molecule has 12 heavy (non-hydrogen) atoms. The normalized spacial score (nSPS) is 26.4. The molecule has 1 rings (SSSR count). The molecule has 4 heteroatoms. The molecule has 0 spiro atoms. The number of carbonyl (C=O) groups is 2. The van der Waals surface area contributed by atoms with Crippen LogP contribution in [0.5, 0.6) is 0 Å². The maximum Gasteiger partial charge on any atom is 0.305 e. The lowest BCUT2D eigenvalue weighted by Gasteiger charge is -2.00. The second-order valence-electron chi connectivity index (χ2n) is 3.25. The summed E-state index contributed by atoms with van der Waals surface area (Å²) in [6.07, 6.45) is 0.950. The van der Waals surface area contributed by atoms with Gasteiger partial charge in [0.2, 0.25) is 5.91 Å². The Morgan fingerprint density at radius 1 is 1.58 bits per heavy atom. The Bertz CT molecular complexity index is 202. The van der Waals surface area contributed by atoms with Crippen molar-refractivity contribution in [2.45, 2.75) is 19.8 Å². The molecular formula is C8H13NO3. The third-order valence-electron chi connectivity index (χ3n) is 2.08. The lowest BCUT2D eigenvalue weighted by atomic mass is 10.3. The van der Waals surface area contributed by atoms with Gasteiger partial charge in [0.1, 0.15) is 0 Å². The van der Waals surface area contributed by atoms with E-state index in [-0.39, 0.29) is 24.8 Å². The highest BCUT2D eigenvalue weighted by Gasteiger charge is 2.38.